The summed E-state index contributed by atoms with van der Waals surface area (Å²) in [6, 6.07) is 10.1. The van der Waals surface area contributed by atoms with Gasteiger partial charge in [0.05, 0.1) is 5.60 Å². The van der Waals surface area contributed by atoms with Crippen LogP contribution in [0.4, 0.5) is 0 Å². The van der Waals surface area contributed by atoms with Crippen molar-refractivity contribution < 1.29 is 5.11 Å². The van der Waals surface area contributed by atoms with Gasteiger partial charge >= 0.3 is 0 Å². The van der Waals surface area contributed by atoms with E-state index in [0.29, 0.717) is 0 Å². The van der Waals surface area contributed by atoms with Gasteiger partial charge in [0.15, 0.2) is 0 Å². The van der Waals surface area contributed by atoms with E-state index in [-0.39, 0.29) is 5.92 Å². The van der Waals surface area contributed by atoms with Crippen molar-refractivity contribution in [1.82, 2.24) is 0 Å². The second kappa shape index (κ2) is 5.13. The predicted octanol–water partition coefficient (Wildman–Crippen LogP) is 3.51. The Labute approximate surface area is 92.5 Å². The van der Waals surface area contributed by atoms with Crippen LogP contribution < -0.4 is 0 Å². The number of aliphatic hydroxyl groups is 1. The van der Waals surface area contributed by atoms with E-state index < -0.39 is 5.60 Å². The molecular formula is C14H20O. The Bertz CT molecular complexity index is 311. The Hall–Kier alpha value is -1.08. The van der Waals surface area contributed by atoms with Gasteiger partial charge in [-0.25, -0.2) is 0 Å². The molecule has 0 saturated heterocycles. The molecule has 0 aliphatic carbocycles. The van der Waals surface area contributed by atoms with Gasteiger partial charge < -0.3 is 5.11 Å². The number of hydrogen-bond donors (Lipinski definition) is 1. The molecule has 0 radical (unpaired) electrons. The zero-order valence-electron chi connectivity index (χ0n) is 9.77. The van der Waals surface area contributed by atoms with Crippen molar-refractivity contribution in [3.05, 3.63) is 48.0 Å². The first-order chi connectivity index (χ1) is 7.11. The van der Waals surface area contributed by atoms with Crippen LogP contribution in [0.25, 0.3) is 0 Å². The van der Waals surface area contributed by atoms with Crippen LogP contribution >= 0.6 is 0 Å². The third-order valence-corrected chi connectivity index (χ3v) is 2.93. The van der Waals surface area contributed by atoms with Crippen molar-refractivity contribution in [2.75, 3.05) is 0 Å². The zero-order valence-corrected chi connectivity index (χ0v) is 9.77. The van der Waals surface area contributed by atoms with Gasteiger partial charge in [0.2, 0.25) is 0 Å². The SMILES string of the molecule is C/C=C/[C@@H](c1ccccc1)[C@@](C)(O)CC. The first-order valence-electron chi connectivity index (χ1n) is 5.52. The topological polar surface area (TPSA) is 20.2 Å². The Morgan fingerprint density at radius 3 is 2.40 bits per heavy atom. The van der Waals surface area contributed by atoms with Gasteiger partial charge in [-0.2, -0.15) is 0 Å². The van der Waals surface area contributed by atoms with Crippen molar-refractivity contribution in [3.8, 4) is 0 Å². The largest absolute Gasteiger partial charge is 0.389 e. The average Bonchev–Trinajstić information content (AvgIpc) is 2.27. The minimum Gasteiger partial charge on any atom is -0.389 e. The zero-order chi connectivity index (χ0) is 11.3. The third kappa shape index (κ3) is 2.93. The molecule has 0 amide bonds. The van der Waals surface area contributed by atoms with Crippen molar-refractivity contribution in [2.24, 2.45) is 0 Å². The summed E-state index contributed by atoms with van der Waals surface area (Å²) < 4.78 is 0. The number of allylic oxidation sites excluding steroid dienone is 1. The molecule has 0 aromatic heterocycles. The van der Waals surface area contributed by atoms with Crippen LogP contribution in [0.3, 0.4) is 0 Å². The summed E-state index contributed by atoms with van der Waals surface area (Å²) in [6.45, 7) is 5.89. The molecule has 1 N–H and O–H groups in total. The van der Waals surface area contributed by atoms with Crippen molar-refractivity contribution in [3.63, 3.8) is 0 Å². The Balaban J connectivity index is 3.04. The molecule has 1 rings (SSSR count). The summed E-state index contributed by atoms with van der Waals surface area (Å²) in [7, 11) is 0. The molecule has 0 heterocycles. The van der Waals surface area contributed by atoms with E-state index in [1.54, 1.807) is 0 Å². The lowest BCUT2D eigenvalue weighted by atomic mass is 9.81. The van der Waals surface area contributed by atoms with Crippen molar-refractivity contribution in [2.45, 2.75) is 38.7 Å². The molecule has 1 aromatic carbocycles. The highest BCUT2D eigenvalue weighted by Gasteiger charge is 2.28. The van der Waals surface area contributed by atoms with E-state index >= 15 is 0 Å². The van der Waals surface area contributed by atoms with Gasteiger partial charge in [-0.3, -0.25) is 0 Å². The van der Waals surface area contributed by atoms with E-state index in [2.05, 4.69) is 18.2 Å². The van der Waals surface area contributed by atoms with E-state index in [1.807, 2.05) is 45.0 Å². The Kier molecular flexibility index (Phi) is 4.10. The summed E-state index contributed by atoms with van der Waals surface area (Å²) >= 11 is 0. The van der Waals surface area contributed by atoms with Crippen LogP contribution in [-0.2, 0) is 0 Å². The van der Waals surface area contributed by atoms with Crippen LogP contribution in [0.15, 0.2) is 42.5 Å². The van der Waals surface area contributed by atoms with Gasteiger partial charge in [0, 0.05) is 5.92 Å². The highest BCUT2D eigenvalue weighted by Crippen LogP contribution is 2.31. The van der Waals surface area contributed by atoms with Crippen LogP contribution in [-0.4, -0.2) is 10.7 Å². The maximum Gasteiger partial charge on any atom is 0.0719 e. The Morgan fingerprint density at radius 1 is 1.33 bits per heavy atom. The van der Waals surface area contributed by atoms with Gasteiger partial charge in [0.1, 0.15) is 0 Å². The van der Waals surface area contributed by atoms with Crippen molar-refractivity contribution in [1.29, 1.82) is 0 Å². The van der Waals surface area contributed by atoms with E-state index in [0.717, 1.165) is 6.42 Å². The number of rotatable bonds is 4. The summed E-state index contributed by atoms with van der Waals surface area (Å²) in [5.41, 5.74) is 0.496. The van der Waals surface area contributed by atoms with Gasteiger partial charge in [-0.05, 0) is 25.8 Å². The molecule has 82 valence electrons. The molecular weight excluding hydrogens is 184 g/mol. The molecule has 1 heteroatoms. The fraction of sp³-hybridized carbons (Fsp3) is 0.429. The normalized spacial score (nSPS) is 17.6. The van der Waals surface area contributed by atoms with E-state index in [9.17, 15) is 5.11 Å². The molecule has 0 aliphatic rings. The highest BCUT2D eigenvalue weighted by atomic mass is 16.3. The fourth-order valence-electron chi connectivity index (χ4n) is 1.75. The number of hydrogen-bond acceptors (Lipinski definition) is 1. The Morgan fingerprint density at radius 2 is 1.93 bits per heavy atom. The molecule has 0 fully saturated rings. The smallest absolute Gasteiger partial charge is 0.0719 e. The lowest BCUT2D eigenvalue weighted by Gasteiger charge is -2.30. The van der Waals surface area contributed by atoms with E-state index in [1.165, 1.54) is 5.56 Å². The van der Waals surface area contributed by atoms with Crippen LogP contribution in [0.5, 0.6) is 0 Å². The second-order valence-electron chi connectivity index (χ2n) is 4.12. The molecule has 0 spiro atoms. The molecule has 15 heavy (non-hydrogen) atoms. The fourth-order valence-corrected chi connectivity index (χ4v) is 1.75. The van der Waals surface area contributed by atoms with Crippen LogP contribution in [0.1, 0.15) is 38.7 Å². The predicted molar refractivity (Wildman–Crippen MR) is 64.9 cm³/mol. The second-order valence-corrected chi connectivity index (χ2v) is 4.12. The summed E-state index contributed by atoms with van der Waals surface area (Å²) in [4.78, 5) is 0. The molecule has 0 saturated carbocycles. The summed E-state index contributed by atoms with van der Waals surface area (Å²) in [6.07, 6.45) is 4.82. The third-order valence-electron chi connectivity index (χ3n) is 2.93. The molecule has 1 nitrogen and oxygen atoms in total. The van der Waals surface area contributed by atoms with Crippen molar-refractivity contribution >= 4 is 0 Å². The maximum absolute atomic E-state index is 10.3. The molecule has 0 aliphatic heterocycles. The quantitative estimate of drug-likeness (QED) is 0.744. The van der Waals surface area contributed by atoms with Crippen LogP contribution in [0, 0.1) is 0 Å². The lowest BCUT2D eigenvalue weighted by molar-refractivity contribution is 0.0411. The molecule has 0 unspecified atom stereocenters. The summed E-state index contributed by atoms with van der Waals surface area (Å²) in [5, 5.41) is 10.3. The van der Waals surface area contributed by atoms with Gasteiger partial charge in [0.25, 0.3) is 0 Å². The minimum atomic E-state index is -0.673. The van der Waals surface area contributed by atoms with Gasteiger partial charge in [-0.15, -0.1) is 0 Å². The molecule has 0 bridgehead atoms. The average molecular weight is 204 g/mol. The summed E-state index contributed by atoms with van der Waals surface area (Å²) in [5.74, 6) is 0.0775. The minimum absolute atomic E-state index is 0.0775. The van der Waals surface area contributed by atoms with E-state index in [4.69, 9.17) is 0 Å². The first-order valence-corrected chi connectivity index (χ1v) is 5.52. The van der Waals surface area contributed by atoms with Gasteiger partial charge in [-0.1, -0.05) is 49.4 Å². The lowest BCUT2D eigenvalue weighted by Crippen LogP contribution is -2.30. The molecule has 2 atom stereocenters. The molecule has 1 aromatic rings. The highest BCUT2D eigenvalue weighted by molar-refractivity contribution is 5.27. The van der Waals surface area contributed by atoms with Crippen LogP contribution in [0.2, 0.25) is 0 Å². The number of benzene rings is 1. The standard InChI is InChI=1S/C14H20O/c1-4-9-13(14(3,15)5-2)12-10-7-6-8-11-12/h4,6-11,13,15H,5H2,1-3H3/b9-4+/t13-,14-/m0/s1. The maximum atomic E-state index is 10.3. The monoisotopic (exact) mass is 204 g/mol. The first kappa shape index (κ1) is 12.0.